The van der Waals surface area contributed by atoms with E-state index in [0.29, 0.717) is 0 Å². The van der Waals surface area contributed by atoms with E-state index in [2.05, 4.69) is 41.4 Å². The molecule has 2 N–H and O–H groups in total. The lowest BCUT2D eigenvalue weighted by molar-refractivity contribution is 0.897. The molecule has 0 aliphatic rings. The number of hydrogen-bond acceptors (Lipinski definition) is 4. The molecule has 0 aliphatic carbocycles. The van der Waals surface area contributed by atoms with Gasteiger partial charge in [0.1, 0.15) is 18.0 Å². The Hall–Kier alpha value is -1.43. The van der Waals surface area contributed by atoms with Crippen molar-refractivity contribution in [1.29, 1.82) is 0 Å². The number of halogens is 1. The smallest absolute Gasteiger partial charge is 0.137 e. The van der Waals surface area contributed by atoms with Crippen molar-refractivity contribution in [2.45, 2.75) is 6.42 Å². The Morgan fingerprint density at radius 2 is 2.27 bits per heavy atom. The highest BCUT2D eigenvalue weighted by molar-refractivity contribution is 9.10. The van der Waals surface area contributed by atoms with Crippen LogP contribution < -0.4 is 5.32 Å². The van der Waals surface area contributed by atoms with Gasteiger partial charge in [0.15, 0.2) is 0 Å². The van der Waals surface area contributed by atoms with E-state index in [9.17, 15) is 0 Å². The summed E-state index contributed by atoms with van der Waals surface area (Å²) in [6.45, 7) is 0.782. The maximum Gasteiger partial charge on any atom is 0.137 e. The molecule has 0 aliphatic heterocycles. The summed E-state index contributed by atoms with van der Waals surface area (Å²) in [5.74, 6) is 1.73. The predicted octanol–water partition coefficient (Wildman–Crippen LogP) is 1.62. The van der Waals surface area contributed by atoms with Gasteiger partial charge in [0, 0.05) is 23.6 Å². The van der Waals surface area contributed by atoms with Crippen LogP contribution >= 0.6 is 15.9 Å². The molecule has 0 bridgehead atoms. The molecule has 0 saturated carbocycles. The number of anilines is 1. The van der Waals surface area contributed by atoms with Crippen molar-refractivity contribution in [3.05, 3.63) is 35.0 Å². The van der Waals surface area contributed by atoms with Crippen LogP contribution in [-0.2, 0) is 6.42 Å². The maximum atomic E-state index is 4.19. The first-order valence-corrected chi connectivity index (χ1v) is 5.33. The minimum absolute atomic E-state index is 0.782. The van der Waals surface area contributed by atoms with E-state index >= 15 is 0 Å². The number of nitrogens with one attached hydrogen (secondary N) is 2. The Balaban J connectivity index is 1.81. The number of hydrogen-bond donors (Lipinski definition) is 2. The number of nitrogens with zero attached hydrogens (tertiary/aromatic N) is 3. The molecule has 2 aromatic rings. The van der Waals surface area contributed by atoms with Gasteiger partial charge in [-0.3, -0.25) is 5.10 Å². The summed E-state index contributed by atoms with van der Waals surface area (Å²) < 4.78 is 0.975. The van der Waals surface area contributed by atoms with E-state index < -0.39 is 0 Å². The minimum atomic E-state index is 0.782. The van der Waals surface area contributed by atoms with Crippen molar-refractivity contribution < 1.29 is 0 Å². The highest BCUT2D eigenvalue weighted by atomic mass is 79.9. The lowest BCUT2D eigenvalue weighted by atomic mass is 10.4. The van der Waals surface area contributed by atoms with Crippen LogP contribution in [0, 0.1) is 0 Å². The maximum absolute atomic E-state index is 4.19. The molecule has 0 fully saturated rings. The second-order valence-corrected chi connectivity index (χ2v) is 3.89. The van der Waals surface area contributed by atoms with E-state index in [-0.39, 0.29) is 0 Å². The summed E-state index contributed by atoms with van der Waals surface area (Å²) in [6.07, 6.45) is 4.07. The van der Waals surface area contributed by atoms with Gasteiger partial charge in [-0.2, -0.15) is 5.10 Å². The van der Waals surface area contributed by atoms with Crippen LogP contribution in [0.1, 0.15) is 5.82 Å². The number of aromatic nitrogens is 4. The van der Waals surface area contributed by atoms with Gasteiger partial charge in [0.2, 0.25) is 0 Å². The molecular formula is C9H10BrN5. The van der Waals surface area contributed by atoms with Gasteiger partial charge in [-0.25, -0.2) is 9.97 Å². The minimum Gasteiger partial charge on any atom is -0.370 e. The van der Waals surface area contributed by atoms with Gasteiger partial charge in [-0.1, -0.05) is 0 Å². The van der Waals surface area contributed by atoms with Gasteiger partial charge in [-0.15, -0.1) is 0 Å². The summed E-state index contributed by atoms with van der Waals surface area (Å²) in [6, 6.07) is 3.87. The predicted molar refractivity (Wildman–Crippen MR) is 60.5 cm³/mol. The monoisotopic (exact) mass is 267 g/mol. The Bertz CT molecular complexity index is 397. The zero-order valence-corrected chi connectivity index (χ0v) is 9.53. The zero-order valence-electron chi connectivity index (χ0n) is 7.94. The highest BCUT2D eigenvalue weighted by Crippen LogP contribution is 2.10. The van der Waals surface area contributed by atoms with E-state index in [1.165, 1.54) is 6.33 Å². The van der Waals surface area contributed by atoms with Crippen LogP contribution in [0.3, 0.4) is 0 Å². The normalized spacial score (nSPS) is 10.2. The van der Waals surface area contributed by atoms with Gasteiger partial charge in [0.05, 0.1) is 0 Å². The zero-order chi connectivity index (χ0) is 10.5. The molecule has 0 spiro atoms. The molecule has 0 amide bonds. The number of rotatable bonds is 4. The molecule has 5 nitrogen and oxygen atoms in total. The molecule has 0 aromatic carbocycles. The van der Waals surface area contributed by atoms with Crippen molar-refractivity contribution in [3.8, 4) is 0 Å². The van der Waals surface area contributed by atoms with Crippen molar-refractivity contribution >= 4 is 21.7 Å². The van der Waals surface area contributed by atoms with Crippen molar-refractivity contribution in [2.75, 3.05) is 11.9 Å². The molecule has 78 valence electrons. The molecule has 0 unspecified atom stereocenters. The first-order valence-electron chi connectivity index (χ1n) is 4.54. The van der Waals surface area contributed by atoms with Crippen LogP contribution in [0.5, 0.6) is 0 Å². The summed E-state index contributed by atoms with van der Waals surface area (Å²) in [5, 5.41) is 9.77. The van der Waals surface area contributed by atoms with Crippen LogP contribution in [0.2, 0.25) is 0 Å². The first kappa shape index (κ1) is 10.1. The summed E-state index contributed by atoms with van der Waals surface area (Å²) in [5.41, 5.74) is 0. The fourth-order valence-electron chi connectivity index (χ4n) is 1.14. The van der Waals surface area contributed by atoms with Crippen molar-refractivity contribution in [3.63, 3.8) is 0 Å². The third-order valence-electron chi connectivity index (χ3n) is 1.86. The van der Waals surface area contributed by atoms with Gasteiger partial charge >= 0.3 is 0 Å². The second kappa shape index (κ2) is 4.88. The van der Waals surface area contributed by atoms with Crippen LogP contribution in [0.4, 0.5) is 5.82 Å². The highest BCUT2D eigenvalue weighted by Gasteiger charge is 1.96. The molecule has 0 saturated heterocycles. The average molecular weight is 268 g/mol. The van der Waals surface area contributed by atoms with Crippen molar-refractivity contribution in [1.82, 2.24) is 20.2 Å². The average Bonchev–Trinajstić information content (AvgIpc) is 2.74. The van der Waals surface area contributed by atoms with Crippen LogP contribution in [0.25, 0.3) is 0 Å². The van der Waals surface area contributed by atoms with E-state index in [1.807, 2.05) is 12.1 Å². The fourth-order valence-corrected chi connectivity index (χ4v) is 1.38. The quantitative estimate of drug-likeness (QED) is 0.884. The Morgan fingerprint density at radius 3 is 2.93 bits per heavy atom. The standard InChI is InChI=1S/C9H10BrN5/c10-7-1-2-8(12-5-7)11-4-3-9-13-6-14-15-9/h1-2,5-6H,3-4H2,(H,11,12)(H,13,14,15). The molecule has 2 rings (SSSR count). The molecule has 2 heterocycles. The van der Waals surface area contributed by atoms with Crippen LogP contribution in [0.15, 0.2) is 29.1 Å². The largest absolute Gasteiger partial charge is 0.370 e. The van der Waals surface area contributed by atoms with Gasteiger partial charge in [0.25, 0.3) is 0 Å². The second-order valence-electron chi connectivity index (χ2n) is 2.97. The molecule has 0 atom stereocenters. The summed E-state index contributed by atoms with van der Waals surface area (Å²) in [7, 11) is 0. The summed E-state index contributed by atoms with van der Waals surface area (Å²) >= 11 is 3.33. The van der Waals surface area contributed by atoms with Crippen molar-refractivity contribution in [2.24, 2.45) is 0 Å². The van der Waals surface area contributed by atoms with E-state index in [4.69, 9.17) is 0 Å². The fraction of sp³-hybridized carbons (Fsp3) is 0.222. The number of pyridine rings is 1. The SMILES string of the molecule is Brc1ccc(NCCc2ncn[nH]2)nc1. The Morgan fingerprint density at radius 1 is 1.33 bits per heavy atom. The van der Waals surface area contributed by atoms with Gasteiger partial charge in [-0.05, 0) is 28.1 Å². The molecule has 15 heavy (non-hydrogen) atoms. The Kier molecular flexibility index (Phi) is 3.29. The number of aromatic amines is 1. The Labute approximate surface area is 95.5 Å². The first-order chi connectivity index (χ1) is 7.34. The van der Waals surface area contributed by atoms with E-state index in [0.717, 1.165) is 29.1 Å². The molecule has 0 radical (unpaired) electrons. The third-order valence-corrected chi connectivity index (χ3v) is 2.33. The summed E-state index contributed by atoms with van der Waals surface area (Å²) in [4.78, 5) is 8.22. The molecule has 6 heteroatoms. The number of H-pyrrole nitrogens is 1. The van der Waals surface area contributed by atoms with Gasteiger partial charge < -0.3 is 5.32 Å². The molecule has 2 aromatic heterocycles. The third kappa shape index (κ3) is 3.02. The topological polar surface area (TPSA) is 66.5 Å². The lowest BCUT2D eigenvalue weighted by Gasteiger charge is -2.03. The van der Waals surface area contributed by atoms with Crippen LogP contribution in [-0.4, -0.2) is 26.7 Å². The molecular weight excluding hydrogens is 258 g/mol. The lowest BCUT2D eigenvalue weighted by Crippen LogP contribution is -2.06. The van der Waals surface area contributed by atoms with E-state index in [1.54, 1.807) is 6.20 Å².